The first-order chi connectivity index (χ1) is 12.6. The highest BCUT2D eigenvalue weighted by molar-refractivity contribution is 6.00. The molecule has 2 atom stereocenters. The lowest BCUT2D eigenvalue weighted by Crippen LogP contribution is -2.46. The molecule has 0 saturated carbocycles. The molecule has 3 aromatic carbocycles. The van der Waals surface area contributed by atoms with Crippen LogP contribution in [0.5, 0.6) is 0 Å². The number of carbonyl (C=O) groups excluding carboxylic acids is 1. The molecule has 0 unspecified atom stereocenters. The van der Waals surface area contributed by atoms with E-state index in [0.717, 1.165) is 11.1 Å². The van der Waals surface area contributed by atoms with E-state index in [4.69, 9.17) is 0 Å². The summed E-state index contributed by atoms with van der Waals surface area (Å²) in [5.41, 5.74) is 1.87. The average Bonchev–Trinajstić information content (AvgIpc) is 2.90. The molecule has 1 heterocycles. The van der Waals surface area contributed by atoms with E-state index in [2.05, 4.69) is 0 Å². The lowest BCUT2D eigenvalue weighted by Gasteiger charge is -2.39. The van der Waals surface area contributed by atoms with Crippen LogP contribution in [0, 0.1) is 0 Å². The highest BCUT2D eigenvalue weighted by Gasteiger charge is 2.50. The minimum Gasteiger partial charge on any atom is -0.366 e. The van der Waals surface area contributed by atoms with Gasteiger partial charge in [0, 0.05) is 17.5 Å². The molecule has 26 heavy (non-hydrogen) atoms. The van der Waals surface area contributed by atoms with Gasteiger partial charge in [-0.05, 0) is 24.1 Å². The van der Waals surface area contributed by atoms with Crippen LogP contribution >= 0.6 is 0 Å². The van der Waals surface area contributed by atoms with Crippen molar-refractivity contribution in [2.75, 3.05) is 0 Å². The van der Waals surface area contributed by atoms with Crippen LogP contribution in [0.2, 0.25) is 0 Å². The second-order valence-electron chi connectivity index (χ2n) is 6.79. The van der Waals surface area contributed by atoms with Gasteiger partial charge in [-0.2, -0.15) is 0 Å². The van der Waals surface area contributed by atoms with Crippen LogP contribution in [0.3, 0.4) is 0 Å². The molecule has 1 amide bonds. The van der Waals surface area contributed by atoms with Gasteiger partial charge < -0.3 is 5.11 Å². The van der Waals surface area contributed by atoms with E-state index in [9.17, 15) is 9.90 Å². The van der Waals surface area contributed by atoms with Gasteiger partial charge in [-0.15, -0.1) is 0 Å². The van der Waals surface area contributed by atoms with Gasteiger partial charge in [-0.25, -0.2) is 0 Å². The van der Waals surface area contributed by atoms with E-state index >= 15 is 0 Å². The highest BCUT2D eigenvalue weighted by atomic mass is 16.3. The van der Waals surface area contributed by atoms with Crippen molar-refractivity contribution < 1.29 is 9.90 Å². The molecule has 0 fully saturated rings. The smallest absolute Gasteiger partial charge is 0.257 e. The predicted molar refractivity (Wildman–Crippen MR) is 102 cm³/mol. The van der Waals surface area contributed by atoms with Crippen molar-refractivity contribution in [2.45, 2.75) is 25.1 Å². The lowest BCUT2D eigenvalue weighted by molar-refractivity contribution is -0.100. The van der Waals surface area contributed by atoms with Crippen LogP contribution < -0.4 is 0 Å². The molecule has 3 nitrogen and oxygen atoms in total. The first kappa shape index (κ1) is 16.6. The number of fused-ring (bicyclic) bond motifs is 1. The third kappa shape index (κ3) is 2.61. The fraction of sp³-hybridized carbons (Fsp3) is 0.174. The lowest BCUT2D eigenvalue weighted by atomic mass is 9.93. The molecule has 0 aliphatic carbocycles. The van der Waals surface area contributed by atoms with E-state index in [1.165, 1.54) is 0 Å². The second-order valence-corrected chi connectivity index (χ2v) is 6.79. The van der Waals surface area contributed by atoms with E-state index in [-0.39, 0.29) is 11.9 Å². The molecule has 130 valence electrons. The number of carbonyl (C=O) groups is 1. The average molecular weight is 343 g/mol. The summed E-state index contributed by atoms with van der Waals surface area (Å²) < 4.78 is 0. The Kier molecular flexibility index (Phi) is 4.09. The van der Waals surface area contributed by atoms with E-state index < -0.39 is 5.72 Å². The quantitative estimate of drug-likeness (QED) is 0.768. The molecule has 0 aromatic heterocycles. The second kappa shape index (κ2) is 6.43. The minimum atomic E-state index is -1.37. The molecule has 4 rings (SSSR count). The molecule has 3 heteroatoms. The van der Waals surface area contributed by atoms with Crippen molar-refractivity contribution in [3.05, 3.63) is 107 Å². The summed E-state index contributed by atoms with van der Waals surface area (Å²) >= 11 is 0. The van der Waals surface area contributed by atoms with Crippen LogP contribution in [0.1, 0.15) is 40.0 Å². The van der Waals surface area contributed by atoms with E-state index in [1.807, 2.05) is 85.8 Å². The number of hydrogen-bond donors (Lipinski definition) is 1. The third-order valence-corrected chi connectivity index (χ3v) is 5.17. The number of amides is 1. The highest BCUT2D eigenvalue weighted by Crippen LogP contribution is 2.44. The van der Waals surface area contributed by atoms with Crippen molar-refractivity contribution in [1.29, 1.82) is 0 Å². The maximum atomic E-state index is 13.2. The largest absolute Gasteiger partial charge is 0.366 e. The number of nitrogens with zero attached hydrogens (tertiary/aromatic N) is 1. The first-order valence-electron chi connectivity index (χ1n) is 8.85. The zero-order valence-electron chi connectivity index (χ0n) is 14.7. The summed E-state index contributed by atoms with van der Waals surface area (Å²) in [5.74, 6) is -0.129. The van der Waals surface area contributed by atoms with Gasteiger partial charge in [0.05, 0.1) is 6.04 Å². The van der Waals surface area contributed by atoms with Crippen LogP contribution in [0.4, 0.5) is 0 Å². The maximum absolute atomic E-state index is 13.2. The van der Waals surface area contributed by atoms with Gasteiger partial charge in [0.25, 0.3) is 5.91 Å². The van der Waals surface area contributed by atoms with Crippen molar-refractivity contribution in [3.63, 3.8) is 0 Å². The molecule has 0 bridgehead atoms. The molecular formula is C23H21NO2. The molecule has 1 N–H and O–H groups in total. The summed E-state index contributed by atoms with van der Waals surface area (Å²) in [6.45, 7) is 1.97. The van der Waals surface area contributed by atoms with E-state index in [1.54, 1.807) is 11.0 Å². The standard InChI is InChI=1S/C23H21NO2/c1-17(19-12-6-3-7-13-19)24-22(25)20-14-8-9-15-21(20)23(24,26)16-18-10-4-2-5-11-18/h2-15,17,26H,16H2,1H3/t17-,23+/m1/s1. The topological polar surface area (TPSA) is 40.5 Å². The van der Waals surface area contributed by atoms with Crippen LogP contribution in [-0.2, 0) is 12.1 Å². The Hall–Kier alpha value is -2.91. The zero-order chi connectivity index (χ0) is 18.1. The molecular weight excluding hydrogens is 322 g/mol. The normalized spacial score (nSPS) is 20.1. The molecule has 3 aromatic rings. The SMILES string of the molecule is C[C@H](c1ccccc1)N1C(=O)c2ccccc2[C@@]1(O)Cc1ccccc1. The van der Waals surface area contributed by atoms with Crippen LogP contribution in [-0.4, -0.2) is 15.9 Å². The molecule has 1 aliphatic heterocycles. The Morgan fingerprint density at radius 1 is 0.885 bits per heavy atom. The zero-order valence-corrected chi connectivity index (χ0v) is 14.7. The summed E-state index contributed by atoms with van der Waals surface area (Å²) in [6, 6.07) is 26.8. The Bertz CT molecular complexity index is 923. The van der Waals surface area contributed by atoms with Crippen molar-refractivity contribution in [1.82, 2.24) is 4.90 Å². The first-order valence-corrected chi connectivity index (χ1v) is 8.85. The Labute approximate surface area is 153 Å². The number of rotatable bonds is 4. The Morgan fingerprint density at radius 2 is 1.46 bits per heavy atom. The summed E-state index contributed by atoms with van der Waals surface area (Å²) in [6.07, 6.45) is 0.355. The Balaban J connectivity index is 1.82. The fourth-order valence-electron chi connectivity index (χ4n) is 3.88. The van der Waals surface area contributed by atoms with Gasteiger partial charge in [0.15, 0.2) is 5.72 Å². The number of benzene rings is 3. The summed E-state index contributed by atoms with van der Waals surface area (Å²) in [5, 5.41) is 11.8. The van der Waals surface area contributed by atoms with Crippen molar-refractivity contribution in [3.8, 4) is 0 Å². The maximum Gasteiger partial charge on any atom is 0.257 e. The summed E-state index contributed by atoms with van der Waals surface area (Å²) in [4.78, 5) is 14.8. The molecule has 0 radical (unpaired) electrons. The Morgan fingerprint density at radius 3 is 2.15 bits per heavy atom. The number of aliphatic hydroxyl groups is 1. The van der Waals surface area contributed by atoms with Gasteiger partial charge >= 0.3 is 0 Å². The number of hydrogen-bond acceptors (Lipinski definition) is 2. The van der Waals surface area contributed by atoms with Gasteiger partial charge in [-0.1, -0.05) is 78.9 Å². The van der Waals surface area contributed by atoms with Crippen LogP contribution in [0.25, 0.3) is 0 Å². The van der Waals surface area contributed by atoms with Crippen LogP contribution in [0.15, 0.2) is 84.9 Å². The fourth-order valence-corrected chi connectivity index (χ4v) is 3.88. The van der Waals surface area contributed by atoms with Gasteiger partial charge in [-0.3, -0.25) is 9.69 Å². The van der Waals surface area contributed by atoms with Gasteiger partial charge in [0.2, 0.25) is 0 Å². The summed E-state index contributed by atoms with van der Waals surface area (Å²) in [7, 11) is 0. The molecule has 1 aliphatic rings. The third-order valence-electron chi connectivity index (χ3n) is 5.17. The van der Waals surface area contributed by atoms with Crippen molar-refractivity contribution >= 4 is 5.91 Å². The monoisotopic (exact) mass is 343 g/mol. The van der Waals surface area contributed by atoms with Crippen molar-refractivity contribution in [2.24, 2.45) is 0 Å². The molecule has 0 spiro atoms. The molecule has 0 saturated heterocycles. The predicted octanol–water partition coefficient (Wildman–Crippen LogP) is 4.29. The van der Waals surface area contributed by atoms with Gasteiger partial charge in [0.1, 0.15) is 0 Å². The minimum absolute atomic E-state index is 0.129. The van der Waals surface area contributed by atoms with E-state index in [0.29, 0.717) is 17.5 Å².